The monoisotopic (exact) mass is 395 g/mol. The molecule has 29 heavy (non-hydrogen) atoms. The van der Waals surface area contributed by atoms with Crippen molar-refractivity contribution in [3.8, 4) is 5.88 Å². The topological polar surface area (TPSA) is 80.2 Å². The number of carbonyl (C=O) groups excluding carboxylic acids is 1. The average molecular weight is 396 g/mol. The highest BCUT2D eigenvalue weighted by atomic mass is 16.5. The highest BCUT2D eigenvalue weighted by Gasteiger charge is 2.18. The van der Waals surface area contributed by atoms with Crippen molar-refractivity contribution in [3.05, 3.63) is 41.3 Å². The van der Waals surface area contributed by atoms with Gasteiger partial charge < -0.3 is 15.0 Å². The van der Waals surface area contributed by atoms with Crippen LogP contribution in [-0.4, -0.2) is 40.1 Å². The number of amides is 1. The summed E-state index contributed by atoms with van der Waals surface area (Å²) in [6, 6.07) is 5.46. The summed E-state index contributed by atoms with van der Waals surface area (Å²) in [6.45, 7) is 4.32. The fourth-order valence-corrected chi connectivity index (χ4v) is 3.98. The first-order chi connectivity index (χ1) is 14.2. The Morgan fingerprint density at radius 1 is 1.14 bits per heavy atom. The number of ether oxygens (including phenoxy) is 1. The number of hydrogen-bond donors (Lipinski definition) is 1. The Kier molecular flexibility index (Phi) is 6.22. The van der Waals surface area contributed by atoms with Gasteiger partial charge in [0.15, 0.2) is 0 Å². The summed E-state index contributed by atoms with van der Waals surface area (Å²) in [7, 11) is 0. The van der Waals surface area contributed by atoms with Crippen LogP contribution in [-0.2, 0) is 6.54 Å². The van der Waals surface area contributed by atoms with Gasteiger partial charge in [-0.2, -0.15) is 0 Å². The number of carbonyl (C=O) groups is 1. The van der Waals surface area contributed by atoms with Gasteiger partial charge in [0.2, 0.25) is 11.8 Å². The third-order valence-corrected chi connectivity index (χ3v) is 5.55. The molecular formula is C22H29N5O2. The van der Waals surface area contributed by atoms with Crippen LogP contribution in [0.15, 0.2) is 24.4 Å². The highest BCUT2D eigenvalue weighted by molar-refractivity contribution is 5.93. The van der Waals surface area contributed by atoms with Crippen LogP contribution in [0, 0.1) is 6.92 Å². The summed E-state index contributed by atoms with van der Waals surface area (Å²) in [4.78, 5) is 28.3. The second kappa shape index (κ2) is 9.20. The van der Waals surface area contributed by atoms with E-state index in [1.165, 1.54) is 32.1 Å². The molecule has 4 rings (SSSR count). The molecule has 0 radical (unpaired) electrons. The van der Waals surface area contributed by atoms with Gasteiger partial charge >= 0.3 is 0 Å². The number of rotatable bonds is 6. The van der Waals surface area contributed by atoms with Gasteiger partial charge in [-0.3, -0.25) is 4.79 Å². The summed E-state index contributed by atoms with van der Waals surface area (Å²) in [5.41, 5.74) is 2.26. The zero-order chi connectivity index (χ0) is 20.1. The van der Waals surface area contributed by atoms with Crippen LogP contribution in [0.5, 0.6) is 5.88 Å². The molecule has 2 aromatic rings. The van der Waals surface area contributed by atoms with Gasteiger partial charge in [0.05, 0.1) is 17.8 Å². The second-order valence-corrected chi connectivity index (χ2v) is 7.94. The van der Waals surface area contributed by atoms with E-state index in [2.05, 4.69) is 25.2 Å². The molecule has 2 fully saturated rings. The van der Waals surface area contributed by atoms with E-state index in [4.69, 9.17) is 4.74 Å². The van der Waals surface area contributed by atoms with E-state index in [0.717, 1.165) is 43.3 Å². The molecule has 0 aromatic carbocycles. The van der Waals surface area contributed by atoms with Crippen LogP contribution in [0.1, 0.15) is 66.7 Å². The lowest BCUT2D eigenvalue weighted by molar-refractivity contribution is 0.0950. The van der Waals surface area contributed by atoms with Crippen molar-refractivity contribution in [1.29, 1.82) is 0 Å². The van der Waals surface area contributed by atoms with Crippen molar-refractivity contribution in [2.45, 2.75) is 64.5 Å². The molecule has 0 spiro atoms. The van der Waals surface area contributed by atoms with Gasteiger partial charge in [-0.1, -0.05) is 0 Å². The lowest BCUT2D eigenvalue weighted by Gasteiger charge is -2.27. The number of hydrogen-bond acceptors (Lipinski definition) is 6. The molecular weight excluding hydrogens is 366 g/mol. The van der Waals surface area contributed by atoms with Crippen LogP contribution in [0.4, 0.5) is 5.95 Å². The Hall–Kier alpha value is -2.70. The standard InChI is InChI=1S/C22H29N5O2/c1-16-13-18(26-22(25-16)27-11-5-2-6-12-27)15-24-21(28)17-9-10-20(23-14-17)29-19-7-3-4-8-19/h9-10,13-14,19H,2-8,11-12,15H2,1H3,(H,24,28). The molecule has 1 aliphatic carbocycles. The van der Waals surface area contributed by atoms with Gasteiger partial charge in [0.1, 0.15) is 6.10 Å². The number of anilines is 1. The molecule has 3 heterocycles. The van der Waals surface area contributed by atoms with E-state index in [1.54, 1.807) is 18.3 Å². The molecule has 2 aliphatic rings. The molecule has 1 amide bonds. The van der Waals surface area contributed by atoms with Crippen molar-refractivity contribution < 1.29 is 9.53 Å². The molecule has 1 saturated heterocycles. The van der Waals surface area contributed by atoms with Crippen LogP contribution >= 0.6 is 0 Å². The molecule has 0 bridgehead atoms. The Morgan fingerprint density at radius 3 is 2.66 bits per heavy atom. The third kappa shape index (κ3) is 5.22. The maximum Gasteiger partial charge on any atom is 0.253 e. The smallest absolute Gasteiger partial charge is 0.253 e. The predicted octanol–water partition coefficient (Wildman–Crippen LogP) is 3.42. The fourth-order valence-electron chi connectivity index (χ4n) is 3.98. The normalized spacial score (nSPS) is 17.3. The predicted molar refractivity (Wildman–Crippen MR) is 111 cm³/mol. The molecule has 7 heteroatoms. The lowest BCUT2D eigenvalue weighted by atomic mass is 10.1. The summed E-state index contributed by atoms with van der Waals surface area (Å²) in [5, 5.41) is 2.94. The van der Waals surface area contributed by atoms with E-state index in [9.17, 15) is 4.79 Å². The van der Waals surface area contributed by atoms with Gasteiger partial charge in [-0.05, 0) is 64.0 Å². The maximum atomic E-state index is 12.5. The molecule has 0 unspecified atom stereocenters. The van der Waals surface area contributed by atoms with Crippen LogP contribution in [0.3, 0.4) is 0 Å². The molecule has 0 atom stereocenters. The first kappa shape index (κ1) is 19.6. The summed E-state index contributed by atoms with van der Waals surface area (Å²) in [6.07, 6.45) is 10.1. The maximum absolute atomic E-state index is 12.5. The number of pyridine rings is 1. The lowest BCUT2D eigenvalue weighted by Crippen LogP contribution is -2.32. The molecule has 1 N–H and O–H groups in total. The minimum Gasteiger partial charge on any atom is -0.474 e. The second-order valence-electron chi connectivity index (χ2n) is 7.94. The first-order valence-corrected chi connectivity index (χ1v) is 10.7. The van der Waals surface area contributed by atoms with Crippen LogP contribution in [0.2, 0.25) is 0 Å². The largest absolute Gasteiger partial charge is 0.474 e. The molecule has 154 valence electrons. The van der Waals surface area contributed by atoms with Gasteiger partial charge in [-0.25, -0.2) is 15.0 Å². The number of piperidine rings is 1. The third-order valence-electron chi connectivity index (χ3n) is 5.55. The summed E-state index contributed by atoms with van der Waals surface area (Å²) in [5.74, 6) is 1.19. The van der Waals surface area contributed by atoms with Crippen molar-refractivity contribution in [2.24, 2.45) is 0 Å². The minimum atomic E-state index is -0.166. The van der Waals surface area contributed by atoms with Crippen molar-refractivity contribution in [3.63, 3.8) is 0 Å². The Balaban J connectivity index is 1.34. The molecule has 1 saturated carbocycles. The Labute approximate surface area is 171 Å². The highest BCUT2D eigenvalue weighted by Crippen LogP contribution is 2.23. The van der Waals surface area contributed by atoms with E-state index >= 15 is 0 Å². The molecule has 2 aromatic heterocycles. The minimum absolute atomic E-state index is 0.166. The van der Waals surface area contributed by atoms with Gasteiger partial charge in [0.25, 0.3) is 5.91 Å². The van der Waals surface area contributed by atoms with Crippen molar-refractivity contribution in [2.75, 3.05) is 18.0 Å². The first-order valence-electron chi connectivity index (χ1n) is 10.7. The van der Waals surface area contributed by atoms with E-state index < -0.39 is 0 Å². The quantitative estimate of drug-likeness (QED) is 0.807. The number of nitrogens with one attached hydrogen (secondary N) is 1. The Bertz CT molecular complexity index is 828. The fraction of sp³-hybridized carbons (Fsp3) is 0.545. The van der Waals surface area contributed by atoms with Gasteiger partial charge in [0, 0.05) is 31.0 Å². The van der Waals surface area contributed by atoms with Crippen molar-refractivity contribution >= 4 is 11.9 Å². The van der Waals surface area contributed by atoms with Crippen molar-refractivity contribution in [1.82, 2.24) is 20.3 Å². The number of nitrogens with zero attached hydrogens (tertiary/aromatic N) is 4. The molecule has 1 aliphatic heterocycles. The zero-order valence-corrected chi connectivity index (χ0v) is 17.1. The van der Waals surface area contributed by atoms with Crippen LogP contribution in [0.25, 0.3) is 0 Å². The SMILES string of the molecule is Cc1cc(CNC(=O)c2ccc(OC3CCCC3)nc2)nc(N2CCCCC2)n1. The van der Waals surface area contributed by atoms with E-state index in [1.807, 2.05) is 13.0 Å². The Morgan fingerprint density at radius 2 is 1.93 bits per heavy atom. The molecule has 7 nitrogen and oxygen atoms in total. The van der Waals surface area contributed by atoms with E-state index in [0.29, 0.717) is 18.0 Å². The average Bonchev–Trinajstić information content (AvgIpc) is 3.26. The summed E-state index contributed by atoms with van der Waals surface area (Å²) >= 11 is 0. The van der Waals surface area contributed by atoms with Crippen LogP contribution < -0.4 is 15.0 Å². The summed E-state index contributed by atoms with van der Waals surface area (Å²) < 4.78 is 5.86. The number of aromatic nitrogens is 3. The van der Waals surface area contributed by atoms with E-state index in [-0.39, 0.29) is 12.0 Å². The van der Waals surface area contributed by atoms with Gasteiger partial charge in [-0.15, -0.1) is 0 Å². The zero-order valence-electron chi connectivity index (χ0n) is 17.1. The number of aryl methyl sites for hydroxylation is 1.